The lowest BCUT2D eigenvalue weighted by Crippen LogP contribution is -2.08. The molecule has 0 aliphatic rings. The highest BCUT2D eigenvalue weighted by Crippen LogP contribution is 2.21. The fraction of sp³-hybridized carbons (Fsp3) is 0.130. The summed E-state index contributed by atoms with van der Waals surface area (Å²) < 4.78 is 5.47. The molecular formula is C23H20ClNO2. The summed E-state index contributed by atoms with van der Waals surface area (Å²) in [5, 5.41) is 0.494. The van der Waals surface area contributed by atoms with Crippen LogP contribution in [-0.4, -0.2) is 18.7 Å². The average Bonchev–Trinajstić information content (AvgIpc) is 2.66. The second kappa shape index (κ2) is 9.15. The molecule has 0 radical (unpaired) electrons. The van der Waals surface area contributed by atoms with Crippen LogP contribution in [0.3, 0.4) is 0 Å². The number of carbonyl (C=O) groups is 1. The number of carbonyl (C=O) groups excluding carboxylic acids is 1. The Hall–Kier alpha value is -2.91. The monoisotopic (exact) mass is 377 g/mol. The fourth-order valence-electron chi connectivity index (χ4n) is 2.66. The van der Waals surface area contributed by atoms with Gasteiger partial charge in [0.15, 0.2) is 0 Å². The molecule has 3 nitrogen and oxygen atoms in total. The van der Waals surface area contributed by atoms with Gasteiger partial charge in [0.2, 0.25) is 0 Å². The molecule has 0 aliphatic carbocycles. The first-order chi connectivity index (χ1) is 13.1. The Kier molecular flexibility index (Phi) is 6.39. The van der Waals surface area contributed by atoms with Gasteiger partial charge in [0, 0.05) is 17.8 Å². The van der Waals surface area contributed by atoms with E-state index in [1.165, 1.54) is 5.56 Å². The lowest BCUT2D eigenvalue weighted by atomic mass is 10.1. The molecule has 0 atom stereocenters. The summed E-state index contributed by atoms with van der Waals surface area (Å²) >= 11 is 6.16. The van der Waals surface area contributed by atoms with Crippen molar-refractivity contribution in [2.45, 2.75) is 13.3 Å². The molecule has 4 heteroatoms. The molecule has 3 rings (SSSR count). The highest BCUT2D eigenvalue weighted by molar-refractivity contribution is 6.31. The van der Waals surface area contributed by atoms with Crippen molar-refractivity contribution >= 4 is 23.8 Å². The SMILES string of the molecule is Cc1cccc(C(=O)Oc2cc(Cl)cc(C=NCCc3ccccc3)c2)c1. The number of aryl methyl sites for hydroxylation is 1. The molecule has 0 saturated carbocycles. The number of aliphatic imine (C=N–C) groups is 1. The summed E-state index contributed by atoms with van der Waals surface area (Å²) in [6.45, 7) is 2.61. The number of benzene rings is 3. The van der Waals surface area contributed by atoms with E-state index in [4.69, 9.17) is 16.3 Å². The Morgan fingerprint density at radius 3 is 2.63 bits per heavy atom. The van der Waals surface area contributed by atoms with Crippen LogP contribution in [0.4, 0.5) is 0 Å². The first kappa shape index (κ1) is 18.9. The molecule has 0 aromatic heterocycles. The van der Waals surface area contributed by atoms with Gasteiger partial charge in [0.1, 0.15) is 5.75 Å². The third-order valence-corrected chi connectivity index (χ3v) is 4.19. The van der Waals surface area contributed by atoms with E-state index in [2.05, 4.69) is 17.1 Å². The van der Waals surface area contributed by atoms with E-state index in [0.717, 1.165) is 17.5 Å². The number of esters is 1. The Morgan fingerprint density at radius 2 is 1.85 bits per heavy atom. The van der Waals surface area contributed by atoms with E-state index in [0.29, 0.717) is 22.9 Å². The molecule has 0 aliphatic heterocycles. The summed E-state index contributed by atoms with van der Waals surface area (Å²) in [4.78, 5) is 16.8. The van der Waals surface area contributed by atoms with Crippen LogP contribution in [0.1, 0.15) is 27.0 Å². The number of nitrogens with zero attached hydrogens (tertiary/aromatic N) is 1. The van der Waals surface area contributed by atoms with Gasteiger partial charge in [-0.15, -0.1) is 0 Å². The third-order valence-electron chi connectivity index (χ3n) is 3.97. The van der Waals surface area contributed by atoms with E-state index in [1.54, 1.807) is 36.5 Å². The van der Waals surface area contributed by atoms with Gasteiger partial charge in [-0.2, -0.15) is 0 Å². The van der Waals surface area contributed by atoms with Gasteiger partial charge in [0.05, 0.1) is 5.56 Å². The zero-order valence-corrected chi connectivity index (χ0v) is 15.8. The first-order valence-corrected chi connectivity index (χ1v) is 9.11. The van der Waals surface area contributed by atoms with Crippen LogP contribution in [0.5, 0.6) is 5.75 Å². The largest absolute Gasteiger partial charge is 0.423 e. The minimum absolute atomic E-state index is 0.401. The molecular weight excluding hydrogens is 358 g/mol. The summed E-state index contributed by atoms with van der Waals surface area (Å²) in [6.07, 6.45) is 2.62. The molecule has 0 spiro atoms. The average molecular weight is 378 g/mol. The van der Waals surface area contributed by atoms with E-state index in [9.17, 15) is 4.79 Å². The van der Waals surface area contributed by atoms with Crippen molar-refractivity contribution in [3.05, 3.63) is 100 Å². The Bertz CT molecular complexity index is 952. The van der Waals surface area contributed by atoms with Crippen molar-refractivity contribution in [3.8, 4) is 5.75 Å². The van der Waals surface area contributed by atoms with Crippen molar-refractivity contribution in [1.29, 1.82) is 0 Å². The molecule has 0 saturated heterocycles. The van der Waals surface area contributed by atoms with E-state index in [1.807, 2.05) is 37.3 Å². The van der Waals surface area contributed by atoms with Crippen molar-refractivity contribution in [3.63, 3.8) is 0 Å². The predicted octanol–water partition coefficient (Wildman–Crippen LogP) is 5.53. The number of rotatable bonds is 6. The summed E-state index contributed by atoms with van der Waals surface area (Å²) in [7, 11) is 0. The summed E-state index contributed by atoms with van der Waals surface area (Å²) in [5.41, 5.74) is 3.55. The van der Waals surface area contributed by atoms with Crippen LogP contribution in [0, 0.1) is 6.92 Å². The van der Waals surface area contributed by atoms with Crippen LogP contribution in [0.2, 0.25) is 5.02 Å². The molecule has 0 unspecified atom stereocenters. The molecule has 0 bridgehead atoms. The van der Waals surface area contributed by atoms with Gasteiger partial charge in [-0.05, 0) is 54.8 Å². The highest BCUT2D eigenvalue weighted by atomic mass is 35.5. The summed E-state index contributed by atoms with van der Waals surface area (Å²) in [5.74, 6) is -0.00792. The maximum atomic E-state index is 12.3. The number of halogens is 1. The van der Waals surface area contributed by atoms with Gasteiger partial charge >= 0.3 is 5.97 Å². The number of ether oxygens (including phenoxy) is 1. The quantitative estimate of drug-likeness (QED) is 0.322. The topological polar surface area (TPSA) is 38.7 Å². The molecule has 3 aromatic carbocycles. The minimum atomic E-state index is -0.409. The molecule has 0 heterocycles. The second-order valence-electron chi connectivity index (χ2n) is 6.25. The van der Waals surface area contributed by atoms with Gasteiger partial charge < -0.3 is 4.74 Å². The lowest BCUT2D eigenvalue weighted by Gasteiger charge is -2.07. The van der Waals surface area contributed by atoms with Crippen molar-refractivity contribution in [1.82, 2.24) is 0 Å². The zero-order chi connectivity index (χ0) is 19.1. The van der Waals surface area contributed by atoms with Crippen molar-refractivity contribution in [2.75, 3.05) is 6.54 Å². The molecule has 3 aromatic rings. The van der Waals surface area contributed by atoms with Gasteiger partial charge in [-0.25, -0.2) is 4.79 Å². The molecule has 136 valence electrons. The maximum Gasteiger partial charge on any atom is 0.343 e. The second-order valence-corrected chi connectivity index (χ2v) is 6.69. The summed E-state index contributed by atoms with van der Waals surface area (Å²) in [6, 6.07) is 22.6. The van der Waals surface area contributed by atoms with Crippen LogP contribution in [0.25, 0.3) is 0 Å². The van der Waals surface area contributed by atoms with Crippen LogP contribution < -0.4 is 4.74 Å². The molecule has 0 amide bonds. The molecule has 0 N–H and O–H groups in total. The van der Waals surface area contributed by atoms with Gasteiger partial charge in [0.25, 0.3) is 0 Å². The van der Waals surface area contributed by atoms with E-state index in [-0.39, 0.29) is 0 Å². The van der Waals surface area contributed by atoms with Crippen LogP contribution >= 0.6 is 11.6 Å². The number of hydrogen-bond donors (Lipinski definition) is 0. The Morgan fingerprint density at radius 1 is 1.04 bits per heavy atom. The normalized spacial score (nSPS) is 10.9. The smallest absolute Gasteiger partial charge is 0.343 e. The highest BCUT2D eigenvalue weighted by Gasteiger charge is 2.09. The van der Waals surface area contributed by atoms with Gasteiger partial charge in [-0.1, -0.05) is 59.6 Å². The van der Waals surface area contributed by atoms with Crippen LogP contribution in [0.15, 0.2) is 77.8 Å². The third kappa shape index (κ3) is 5.80. The Labute approximate surface area is 164 Å². The minimum Gasteiger partial charge on any atom is -0.423 e. The van der Waals surface area contributed by atoms with E-state index >= 15 is 0 Å². The van der Waals surface area contributed by atoms with E-state index < -0.39 is 5.97 Å². The van der Waals surface area contributed by atoms with Crippen molar-refractivity contribution < 1.29 is 9.53 Å². The predicted molar refractivity (Wildman–Crippen MR) is 110 cm³/mol. The fourth-order valence-corrected chi connectivity index (χ4v) is 2.90. The molecule has 0 fully saturated rings. The molecule has 27 heavy (non-hydrogen) atoms. The lowest BCUT2D eigenvalue weighted by molar-refractivity contribution is 0.0734. The Balaban J connectivity index is 1.65. The first-order valence-electron chi connectivity index (χ1n) is 8.73. The van der Waals surface area contributed by atoms with Gasteiger partial charge in [-0.3, -0.25) is 4.99 Å². The zero-order valence-electron chi connectivity index (χ0n) is 15.1. The number of hydrogen-bond acceptors (Lipinski definition) is 3. The van der Waals surface area contributed by atoms with Crippen LogP contribution in [-0.2, 0) is 6.42 Å². The van der Waals surface area contributed by atoms with Crippen molar-refractivity contribution in [2.24, 2.45) is 4.99 Å². The standard InChI is InChI=1S/C23H20ClNO2/c1-17-6-5-9-20(12-17)23(26)27-22-14-19(13-21(24)15-22)16-25-11-10-18-7-3-2-4-8-18/h2-9,12-16H,10-11H2,1H3. The maximum absolute atomic E-state index is 12.3.